The van der Waals surface area contributed by atoms with Crippen LogP contribution >= 0.6 is 0 Å². The molecule has 0 saturated carbocycles. The van der Waals surface area contributed by atoms with Crippen molar-refractivity contribution < 1.29 is 4.79 Å². The Labute approximate surface area is 124 Å². The summed E-state index contributed by atoms with van der Waals surface area (Å²) in [6, 6.07) is 9.04. The summed E-state index contributed by atoms with van der Waals surface area (Å²) in [5.74, 6) is 0.589. The largest absolute Gasteiger partial charge is 0.363 e. The Morgan fingerprint density at radius 3 is 2.62 bits per heavy atom. The molecule has 2 N–H and O–H groups in total. The van der Waals surface area contributed by atoms with Crippen LogP contribution in [-0.4, -0.2) is 31.2 Å². The lowest BCUT2D eigenvalue weighted by Gasteiger charge is -2.12. The zero-order valence-electron chi connectivity index (χ0n) is 12.3. The summed E-state index contributed by atoms with van der Waals surface area (Å²) in [5.41, 5.74) is 2.90. The SMILES string of the molecule is Cc1ccc(C=N)cc1NC(=O)c1ccc(N(C)C)nc1. The third kappa shape index (κ3) is 3.45. The monoisotopic (exact) mass is 282 g/mol. The molecule has 108 valence electrons. The molecular weight excluding hydrogens is 264 g/mol. The molecule has 2 rings (SSSR count). The molecule has 0 bridgehead atoms. The fourth-order valence-corrected chi connectivity index (χ4v) is 1.84. The van der Waals surface area contributed by atoms with Crippen molar-refractivity contribution in [3.8, 4) is 0 Å². The summed E-state index contributed by atoms with van der Waals surface area (Å²) >= 11 is 0. The highest BCUT2D eigenvalue weighted by molar-refractivity contribution is 6.04. The van der Waals surface area contributed by atoms with Gasteiger partial charge in [-0.15, -0.1) is 0 Å². The van der Waals surface area contributed by atoms with Crippen molar-refractivity contribution in [3.05, 3.63) is 53.2 Å². The Bertz CT molecular complexity index is 662. The number of nitrogens with one attached hydrogen (secondary N) is 2. The predicted molar refractivity (Wildman–Crippen MR) is 85.6 cm³/mol. The van der Waals surface area contributed by atoms with Crippen LogP contribution in [0.1, 0.15) is 21.5 Å². The van der Waals surface area contributed by atoms with Crippen molar-refractivity contribution in [2.24, 2.45) is 0 Å². The van der Waals surface area contributed by atoms with Crippen molar-refractivity contribution >= 4 is 23.6 Å². The number of hydrogen-bond acceptors (Lipinski definition) is 4. The minimum absolute atomic E-state index is 0.210. The molecule has 1 aromatic carbocycles. The van der Waals surface area contributed by atoms with Crippen LogP contribution in [-0.2, 0) is 0 Å². The second kappa shape index (κ2) is 6.17. The first-order chi connectivity index (χ1) is 10.0. The minimum Gasteiger partial charge on any atom is -0.363 e. The van der Waals surface area contributed by atoms with Crippen LogP contribution < -0.4 is 10.2 Å². The van der Waals surface area contributed by atoms with E-state index in [1.165, 1.54) is 6.21 Å². The van der Waals surface area contributed by atoms with Gasteiger partial charge in [0.25, 0.3) is 5.91 Å². The van der Waals surface area contributed by atoms with Crippen molar-refractivity contribution in [2.45, 2.75) is 6.92 Å². The van der Waals surface area contributed by atoms with Crippen LogP contribution in [0, 0.1) is 12.3 Å². The summed E-state index contributed by atoms with van der Waals surface area (Å²) in [4.78, 5) is 18.3. The molecular formula is C16H18N4O. The second-order valence-electron chi connectivity index (χ2n) is 4.97. The number of rotatable bonds is 4. The van der Waals surface area contributed by atoms with E-state index in [4.69, 9.17) is 5.41 Å². The Morgan fingerprint density at radius 2 is 2.05 bits per heavy atom. The van der Waals surface area contributed by atoms with Crippen molar-refractivity contribution in [1.29, 1.82) is 5.41 Å². The number of pyridine rings is 1. The highest BCUT2D eigenvalue weighted by atomic mass is 16.1. The van der Waals surface area contributed by atoms with Crippen LogP contribution in [0.4, 0.5) is 11.5 Å². The second-order valence-corrected chi connectivity index (χ2v) is 4.97. The zero-order chi connectivity index (χ0) is 15.4. The Kier molecular flexibility index (Phi) is 4.33. The number of benzene rings is 1. The first kappa shape index (κ1) is 14.7. The average molecular weight is 282 g/mol. The van der Waals surface area contributed by atoms with Gasteiger partial charge < -0.3 is 15.6 Å². The van der Waals surface area contributed by atoms with Gasteiger partial charge in [0.2, 0.25) is 0 Å². The van der Waals surface area contributed by atoms with Gasteiger partial charge in [-0.05, 0) is 36.2 Å². The lowest BCUT2D eigenvalue weighted by molar-refractivity contribution is 0.102. The molecule has 0 radical (unpaired) electrons. The molecule has 5 heteroatoms. The number of nitrogens with zero attached hydrogens (tertiary/aromatic N) is 2. The molecule has 0 saturated heterocycles. The molecule has 1 aromatic heterocycles. The number of amides is 1. The maximum Gasteiger partial charge on any atom is 0.257 e. The third-order valence-electron chi connectivity index (χ3n) is 3.14. The average Bonchev–Trinajstić information content (AvgIpc) is 2.49. The minimum atomic E-state index is -0.210. The van der Waals surface area contributed by atoms with Gasteiger partial charge in [0, 0.05) is 32.2 Å². The molecule has 0 atom stereocenters. The Balaban J connectivity index is 2.19. The number of anilines is 2. The predicted octanol–water partition coefficient (Wildman–Crippen LogP) is 2.71. The molecule has 0 fully saturated rings. The van der Waals surface area contributed by atoms with Gasteiger partial charge in [0.1, 0.15) is 5.82 Å². The maximum atomic E-state index is 12.2. The number of aromatic nitrogens is 1. The fraction of sp³-hybridized carbons (Fsp3) is 0.188. The first-order valence-electron chi connectivity index (χ1n) is 6.57. The Hall–Kier alpha value is -2.69. The van der Waals surface area contributed by atoms with E-state index in [-0.39, 0.29) is 5.91 Å². The maximum absolute atomic E-state index is 12.2. The Morgan fingerprint density at radius 1 is 1.29 bits per heavy atom. The fourth-order valence-electron chi connectivity index (χ4n) is 1.84. The number of carbonyl (C=O) groups excluding carboxylic acids is 1. The number of hydrogen-bond donors (Lipinski definition) is 2. The molecule has 0 aliphatic heterocycles. The van der Waals surface area contributed by atoms with Gasteiger partial charge in [0.05, 0.1) is 5.56 Å². The van der Waals surface area contributed by atoms with Gasteiger partial charge in [-0.3, -0.25) is 4.79 Å². The molecule has 1 amide bonds. The summed E-state index contributed by atoms with van der Waals surface area (Å²) in [6.45, 7) is 1.91. The quantitative estimate of drug-likeness (QED) is 0.847. The van der Waals surface area contributed by atoms with Crippen LogP contribution in [0.3, 0.4) is 0 Å². The van der Waals surface area contributed by atoms with Crippen LogP contribution in [0.25, 0.3) is 0 Å². The van der Waals surface area contributed by atoms with E-state index in [9.17, 15) is 4.79 Å². The van der Waals surface area contributed by atoms with Crippen LogP contribution in [0.2, 0.25) is 0 Å². The normalized spacial score (nSPS) is 10.0. The van der Waals surface area contributed by atoms with Crippen molar-refractivity contribution in [2.75, 3.05) is 24.3 Å². The number of aryl methyl sites for hydroxylation is 1. The summed E-state index contributed by atoms with van der Waals surface area (Å²) in [5, 5.41) is 10.1. The van der Waals surface area contributed by atoms with E-state index in [0.717, 1.165) is 16.9 Å². The van der Waals surface area contributed by atoms with E-state index >= 15 is 0 Å². The van der Waals surface area contributed by atoms with E-state index in [0.29, 0.717) is 11.3 Å². The zero-order valence-corrected chi connectivity index (χ0v) is 12.3. The van der Waals surface area contributed by atoms with E-state index in [1.54, 1.807) is 24.4 Å². The molecule has 0 aliphatic rings. The van der Waals surface area contributed by atoms with E-state index in [1.807, 2.05) is 38.1 Å². The van der Waals surface area contributed by atoms with Crippen molar-refractivity contribution in [1.82, 2.24) is 4.98 Å². The highest BCUT2D eigenvalue weighted by Crippen LogP contribution is 2.17. The molecule has 1 heterocycles. The van der Waals surface area contributed by atoms with Gasteiger partial charge >= 0.3 is 0 Å². The molecule has 0 unspecified atom stereocenters. The molecule has 0 aliphatic carbocycles. The van der Waals surface area contributed by atoms with E-state index in [2.05, 4.69) is 10.3 Å². The molecule has 21 heavy (non-hydrogen) atoms. The lowest BCUT2D eigenvalue weighted by atomic mass is 10.1. The van der Waals surface area contributed by atoms with Crippen LogP contribution in [0.15, 0.2) is 36.5 Å². The summed E-state index contributed by atoms with van der Waals surface area (Å²) in [6.07, 6.45) is 2.81. The van der Waals surface area contributed by atoms with Crippen LogP contribution in [0.5, 0.6) is 0 Å². The number of carbonyl (C=O) groups is 1. The highest BCUT2D eigenvalue weighted by Gasteiger charge is 2.09. The lowest BCUT2D eigenvalue weighted by Crippen LogP contribution is -2.15. The molecule has 2 aromatic rings. The van der Waals surface area contributed by atoms with Crippen molar-refractivity contribution in [3.63, 3.8) is 0 Å². The summed E-state index contributed by atoms with van der Waals surface area (Å²) < 4.78 is 0. The third-order valence-corrected chi connectivity index (χ3v) is 3.14. The van der Waals surface area contributed by atoms with Gasteiger partial charge in [-0.1, -0.05) is 12.1 Å². The molecule has 5 nitrogen and oxygen atoms in total. The molecule has 0 spiro atoms. The van der Waals surface area contributed by atoms with Gasteiger partial charge in [-0.2, -0.15) is 0 Å². The smallest absolute Gasteiger partial charge is 0.257 e. The topological polar surface area (TPSA) is 69.1 Å². The van der Waals surface area contributed by atoms with Gasteiger partial charge in [-0.25, -0.2) is 4.98 Å². The standard InChI is InChI=1S/C16H18N4O/c1-11-4-5-12(9-17)8-14(11)19-16(21)13-6-7-15(18-10-13)20(2)3/h4-10,17H,1-3H3,(H,19,21). The summed E-state index contributed by atoms with van der Waals surface area (Å²) in [7, 11) is 3.79. The first-order valence-corrected chi connectivity index (χ1v) is 6.57. The van der Waals surface area contributed by atoms with E-state index < -0.39 is 0 Å². The van der Waals surface area contributed by atoms with Gasteiger partial charge in [0.15, 0.2) is 0 Å².